The smallest absolute Gasteiger partial charge is 0.256 e. The third kappa shape index (κ3) is 2.29. The van der Waals surface area contributed by atoms with Crippen LogP contribution in [-0.2, 0) is 4.79 Å². The van der Waals surface area contributed by atoms with E-state index >= 15 is 0 Å². The molecule has 2 unspecified atom stereocenters. The summed E-state index contributed by atoms with van der Waals surface area (Å²) in [4.78, 5) is 31.6. The molecule has 3 heterocycles. The van der Waals surface area contributed by atoms with E-state index in [0.29, 0.717) is 17.0 Å². The second kappa shape index (κ2) is 5.85. The van der Waals surface area contributed by atoms with Gasteiger partial charge in [-0.1, -0.05) is 24.3 Å². The van der Waals surface area contributed by atoms with Gasteiger partial charge in [-0.15, -0.1) is 11.8 Å². The van der Waals surface area contributed by atoms with Crippen molar-refractivity contribution in [3.05, 3.63) is 71.9 Å². The second-order valence-electron chi connectivity index (χ2n) is 6.40. The summed E-state index contributed by atoms with van der Waals surface area (Å²) < 4.78 is 0. The van der Waals surface area contributed by atoms with Crippen LogP contribution in [0.4, 0.5) is 5.69 Å². The lowest BCUT2D eigenvalue weighted by atomic mass is 10.1. The Morgan fingerprint density at radius 2 is 2.04 bits per heavy atom. The Bertz CT molecular complexity index is 1050. The number of hydrogen-bond donors (Lipinski definition) is 1. The minimum Gasteiger partial charge on any atom is -0.324 e. The fraction of sp³-hybridized carbons (Fsp3) is 0.150. The van der Waals surface area contributed by atoms with Crippen LogP contribution < -0.4 is 5.32 Å². The molecule has 0 saturated carbocycles. The SMILES string of the molecule is O=C(Nc1ccc2ncccc2c1)C1CSC2c3ccccc3C(=O)N12. The Balaban J connectivity index is 1.40. The summed E-state index contributed by atoms with van der Waals surface area (Å²) in [5, 5.41) is 3.87. The number of aromatic nitrogens is 1. The number of hydrogen-bond acceptors (Lipinski definition) is 4. The van der Waals surface area contributed by atoms with Gasteiger partial charge in [-0.05, 0) is 35.9 Å². The maximum absolute atomic E-state index is 12.9. The summed E-state index contributed by atoms with van der Waals surface area (Å²) in [6.07, 6.45) is 1.74. The van der Waals surface area contributed by atoms with Gasteiger partial charge in [0, 0.05) is 28.6 Å². The predicted octanol–water partition coefficient (Wildman–Crippen LogP) is 3.44. The van der Waals surface area contributed by atoms with Crippen molar-refractivity contribution in [1.82, 2.24) is 9.88 Å². The van der Waals surface area contributed by atoms with Gasteiger partial charge in [-0.2, -0.15) is 0 Å². The van der Waals surface area contributed by atoms with E-state index in [1.54, 1.807) is 22.9 Å². The molecule has 2 atom stereocenters. The van der Waals surface area contributed by atoms with E-state index < -0.39 is 6.04 Å². The molecule has 128 valence electrons. The van der Waals surface area contributed by atoms with Crippen molar-refractivity contribution in [3.8, 4) is 0 Å². The Morgan fingerprint density at radius 1 is 1.15 bits per heavy atom. The van der Waals surface area contributed by atoms with Crippen LogP contribution in [0, 0.1) is 0 Å². The number of amides is 2. The highest BCUT2D eigenvalue weighted by Crippen LogP contribution is 2.48. The van der Waals surface area contributed by atoms with E-state index in [1.165, 1.54) is 0 Å². The number of rotatable bonds is 2. The number of thioether (sulfide) groups is 1. The van der Waals surface area contributed by atoms with Gasteiger partial charge in [-0.25, -0.2) is 0 Å². The molecule has 0 bridgehead atoms. The van der Waals surface area contributed by atoms with Crippen LogP contribution >= 0.6 is 11.8 Å². The molecule has 2 amide bonds. The molecule has 2 aromatic carbocycles. The lowest BCUT2D eigenvalue weighted by Crippen LogP contribution is -2.42. The largest absolute Gasteiger partial charge is 0.324 e. The lowest BCUT2D eigenvalue weighted by Gasteiger charge is -2.22. The Hall–Kier alpha value is -2.86. The van der Waals surface area contributed by atoms with Gasteiger partial charge in [0.05, 0.1) is 5.52 Å². The zero-order valence-electron chi connectivity index (χ0n) is 13.8. The summed E-state index contributed by atoms with van der Waals surface area (Å²) >= 11 is 1.64. The highest BCUT2D eigenvalue weighted by molar-refractivity contribution is 7.99. The number of nitrogens with one attached hydrogen (secondary N) is 1. The van der Waals surface area contributed by atoms with Gasteiger partial charge in [0.15, 0.2) is 0 Å². The molecule has 0 radical (unpaired) electrons. The summed E-state index contributed by atoms with van der Waals surface area (Å²) in [5.41, 5.74) is 3.31. The molecular formula is C20H15N3O2S. The van der Waals surface area contributed by atoms with E-state index in [9.17, 15) is 9.59 Å². The Kier molecular flexibility index (Phi) is 3.46. The number of carbonyl (C=O) groups is 2. The Morgan fingerprint density at radius 3 is 2.96 bits per heavy atom. The first-order chi connectivity index (χ1) is 12.7. The number of benzene rings is 2. The zero-order valence-corrected chi connectivity index (χ0v) is 14.6. The van der Waals surface area contributed by atoms with Gasteiger partial charge < -0.3 is 10.2 Å². The second-order valence-corrected chi connectivity index (χ2v) is 7.51. The average molecular weight is 361 g/mol. The van der Waals surface area contributed by atoms with Gasteiger partial charge in [0.1, 0.15) is 11.4 Å². The molecule has 0 aliphatic carbocycles. The van der Waals surface area contributed by atoms with Gasteiger partial charge in [0.2, 0.25) is 5.91 Å². The molecule has 2 aliphatic heterocycles. The highest BCUT2D eigenvalue weighted by atomic mass is 32.2. The number of nitrogens with zero attached hydrogens (tertiary/aromatic N) is 2. The summed E-state index contributed by atoms with van der Waals surface area (Å²) in [5.74, 6) is 0.397. The average Bonchev–Trinajstić information content (AvgIpc) is 3.22. The van der Waals surface area contributed by atoms with E-state index in [4.69, 9.17) is 0 Å². The quantitative estimate of drug-likeness (QED) is 0.759. The third-order valence-corrected chi connectivity index (χ3v) is 6.17. The summed E-state index contributed by atoms with van der Waals surface area (Å²) in [6, 6.07) is 16.6. The van der Waals surface area contributed by atoms with Crippen molar-refractivity contribution < 1.29 is 9.59 Å². The number of carbonyl (C=O) groups excluding carboxylic acids is 2. The first kappa shape index (κ1) is 15.4. The van der Waals surface area contributed by atoms with E-state index in [1.807, 2.05) is 54.6 Å². The number of anilines is 1. The van der Waals surface area contributed by atoms with Crippen LogP contribution in [0.5, 0.6) is 0 Å². The van der Waals surface area contributed by atoms with Crippen LogP contribution in [0.25, 0.3) is 10.9 Å². The maximum Gasteiger partial charge on any atom is 0.256 e. The number of fused-ring (bicyclic) bond motifs is 4. The molecule has 5 nitrogen and oxygen atoms in total. The first-order valence-corrected chi connectivity index (χ1v) is 9.46. The van der Waals surface area contributed by atoms with E-state index in [0.717, 1.165) is 16.5 Å². The zero-order chi connectivity index (χ0) is 17.7. The molecule has 6 heteroatoms. The molecule has 3 aromatic rings. The van der Waals surface area contributed by atoms with Gasteiger partial charge in [-0.3, -0.25) is 14.6 Å². The normalized spacial score (nSPS) is 20.9. The van der Waals surface area contributed by atoms with Crippen LogP contribution in [0.15, 0.2) is 60.8 Å². The van der Waals surface area contributed by atoms with Crippen LogP contribution in [-0.4, -0.2) is 33.5 Å². The van der Waals surface area contributed by atoms with Crippen molar-refractivity contribution in [3.63, 3.8) is 0 Å². The lowest BCUT2D eigenvalue weighted by molar-refractivity contribution is -0.119. The van der Waals surface area contributed by atoms with Crippen molar-refractivity contribution in [2.75, 3.05) is 11.1 Å². The molecule has 1 fully saturated rings. The molecular weight excluding hydrogens is 346 g/mol. The minimum absolute atomic E-state index is 0.0570. The number of pyridine rings is 1. The summed E-state index contributed by atoms with van der Waals surface area (Å²) in [7, 11) is 0. The molecule has 1 saturated heterocycles. The molecule has 1 aromatic heterocycles. The van der Waals surface area contributed by atoms with Crippen molar-refractivity contribution in [2.45, 2.75) is 11.4 Å². The minimum atomic E-state index is -0.463. The summed E-state index contributed by atoms with van der Waals surface area (Å²) in [6.45, 7) is 0. The molecule has 5 rings (SSSR count). The van der Waals surface area contributed by atoms with E-state index in [-0.39, 0.29) is 17.2 Å². The predicted molar refractivity (Wildman–Crippen MR) is 102 cm³/mol. The van der Waals surface area contributed by atoms with Crippen LogP contribution in [0.3, 0.4) is 0 Å². The highest BCUT2D eigenvalue weighted by Gasteiger charge is 2.48. The van der Waals surface area contributed by atoms with Gasteiger partial charge >= 0.3 is 0 Å². The monoisotopic (exact) mass is 361 g/mol. The topological polar surface area (TPSA) is 62.3 Å². The molecule has 1 N–H and O–H groups in total. The molecule has 0 spiro atoms. The van der Waals surface area contributed by atoms with Crippen molar-refractivity contribution in [1.29, 1.82) is 0 Å². The van der Waals surface area contributed by atoms with Crippen LogP contribution in [0.1, 0.15) is 21.3 Å². The standard InChI is InChI=1S/C20H15N3O2S/c24-18(22-13-7-8-16-12(10-13)4-3-9-21-16)17-11-26-20-15-6-2-1-5-14(15)19(25)23(17)20/h1-10,17,20H,11H2,(H,22,24). The first-order valence-electron chi connectivity index (χ1n) is 8.41. The van der Waals surface area contributed by atoms with E-state index in [2.05, 4.69) is 10.3 Å². The van der Waals surface area contributed by atoms with Crippen LogP contribution in [0.2, 0.25) is 0 Å². The molecule has 26 heavy (non-hydrogen) atoms. The fourth-order valence-electron chi connectivity index (χ4n) is 3.62. The maximum atomic E-state index is 12.9. The Labute approximate surface area is 154 Å². The van der Waals surface area contributed by atoms with Gasteiger partial charge in [0.25, 0.3) is 5.91 Å². The van der Waals surface area contributed by atoms with Crippen molar-refractivity contribution >= 4 is 40.2 Å². The van der Waals surface area contributed by atoms with Crippen molar-refractivity contribution in [2.24, 2.45) is 0 Å². The fourth-order valence-corrected chi connectivity index (χ4v) is 5.09. The third-order valence-electron chi connectivity index (χ3n) is 4.87. The molecule has 2 aliphatic rings.